The summed E-state index contributed by atoms with van der Waals surface area (Å²) in [7, 11) is 0. The number of imidazole rings is 1. The summed E-state index contributed by atoms with van der Waals surface area (Å²) in [6, 6.07) is 6.74. The molecule has 0 saturated carbocycles. The molecule has 0 aliphatic carbocycles. The Morgan fingerprint density at radius 3 is 2.56 bits per heavy atom. The number of carbonyl (C=O) groups is 1. The van der Waals surface area contributed by atoms with Gasteiger partial charge in [0.15, 0.2) is 5.65 Å². The van der Waals surface area contributed by atoms with Crippen LogP contribution in [-0.2, 0) is 23.8 Å². The van der Waals surface area contributed by atoms with Crippen LogP contribution in [0.3, 0.4) is 0 Å². The molecule has 27 heavy (non-hydrogen) atoms. The van der Waals surface area contributed by atoms with E-state index in [9.17, 15) is 22.4 Å². The van der Waals surface area contributed by atoms with Gasteiger partial charge < -0.3 is 9.72 Å². The Hall–Kier alpha value is -2.61. The summed E-state index contributed by atoms with van der Waals surface area (Å²) in [5, 5.41) is 2.55. The number of hydrogen-bond acceptors (Lipinski definition) is 2. The first-order valence-corrected chi connectivity index (χ1v) is 8.35. The molecule has 1 aromatic carbocycles. The zero-order valence-electron chi connectivity index (χ0n) is 13.9. The van der Waals surface area contributed by atoms with Crippen LogP contribution in [0.2, 0.25) is 5.02 Å². The summed E-state index contributed by atoms with van der Waals surface area (Å²) in [4.78, 5) is 16.1. The van der Waals surface area contributed by atoms with Gasteiger partial charge in [-0.3, -0.25) is 4.79 Å². The fourth-order valence-corrected chi connectivity index (χ4v) is 2.83. The van der Waals surface area contributed by atoms with Gasteiger partial charge in [0.1, 0.15) is 5.82 Å². The number of aromatic nitrogens is 2. The van der Waals surface area contributed by atoms with E-state index in [4.69, 9.17) is 11.6 Å². The number of carbonyl (C=O) groups excluding carboxylic acids is 1. The molecule has 0 saturated heterocycles. The predicted molar refractivity (Wildman–Crippen MR) is 92.0 cm³/mol. The van der Waals surface area contributed by atoms with Gasteiger partial charge in [-0.25, -0.2) is 9.37 Å². The van der Waals surface area contributed by atoms with Crippen LogP contribution >= 0.6 is 11.6 Å². The fourth-order valence-electron chi connectivity index (χ4n) is 2.57. The quantitative estimate of drug-likeness (QED) is 0.658. The molecular formula is C18H14ClF4N3O. The molecule has 3 aromatic rings. The number of rotatable bonds is 5. The van der Waals surface area contributed by atoms with Crippen molar-refractivity contribution in [2.24, 2.45) is 0 Å². The largest absolute Gasteiger partial charge is 0.417 e. The van der Waals surface area contributed by atoms with Crippen molar-refractivity contribution in [3.8, 4) is 0 Å². The predicted octanol–water partition coefficient (Wildman–Crippen LogP) is 4.05. The number of benzene rings is 1. The van der Waals surface area contributed by atoms with Gasteiger partial charge in [0, 0.05) is 18.9 Å². The lowest BCUT2D eigenvalue weighted by atomic mass is 10.1. The lowest BCUT2D eigenvalue weighted by Gasteiger charge is -2.07. The molecule has 0 bridgehead atoms. The zero-order chi connectivity index (χ0) is 19.6. The van der Waals surface area contributed by atoms with E-state index in [2.05, 4.69) is 10.3 Å². The van der Waals surface area contributed by atoms with Crippen molar-refractivity contribution in [2.45, 2.75) is 19.0 Å². The Morgan fingerprint density at radius 2 is 1.89 bits per heavy atom. The lowest BCUT2D eigenvalue weighted by molar-refractivity contribution is -0.137. The number of pyridine rings is 1. The highest BCUT2D eigenvalue weighted by atomic mass is 35.5. The van der Waals surface area contributed by atoms with Crippen LogP contribution in [0.1, 0.15) is 16.8 Å². The number of hydrogen-bond donors (Lipinski definition) is 1. The molecule has 2 aromatic heterocycles. The molecule has 0 spiro atoms. The van der Waals surface area contributed by atoms with Crippen molar-refractivity contribution in [1.29, 1.82) is 0 Å². The molecule has 0 unspecified atom stereocenters. The maximum Gasteiger partial charge on any atom is 0.417 e. The molecule has 2 heterocycles. The van der Waals surface area contributed by atoms with Crippen molar-refractivity contribution in [3.63, 3.8) is 0 Å². The number of nitrogens with one attached hydrogen (secondary N) is 1. The standard InChI is InChI=1S/C18H14ClF4N3O/c19-15-7-12(18(21,22)23)9-26-10-14(25-17(15)26)8-16(27)24-6-5-11-1-3-13(20)4-2-11/h1-4,7,9-10H,5-6,8H2,(H,24,27). The average Bonchev–Trinajstić information content (AvgIpc) is 2.99. The molecule has 1 N–H and O–H groups in total. The first-order valence-electron chi connectivity index (χ1n) is 7.98. The molecule has 0 fully saturated rings. The molecule has 0 aliphatic rings. The van der Waals surface area contributed by atoms with Crippen LogP contribution in [0.5, 0.6) is 0 Å². The van der Waals surface area contributed by atoms with Gasteiger partial charge in [-0.2, -0.15) is 13.2 Å². The third kappa shape index (κ3) is 4.77. The minimum atomic E-state index is -4.53. The maximum absolute atomic E-state index is 12.8. The second kappa shape index (κ2) is 7.56. The van der Waals surface area contributed by atoms with Crippen LogP contribution in [0.4, 0.5) is 17.6 Å². The molecule has 9 heteroatoms. The Kier molecular flexibility index (Phi) is 5.36. The molecular weight excluding hydrogens is 386 g/mol. The van der Waals surface area contributed by atoms with Crippen molar-refractivity contribution < 1.29 is 22.4 Å². The van der Waals surface area contributed by atoms with E-state index in [1.165, 1.54) is 18.3 Å². The minimum Gasteiger partial charge on any atom is -0.355 e. The van der Waals surface area contributed by atoms with E-state index >= 15 is 0 Å². The summed E-state index contributed by atoms with van der Waals surface area (Å²) >= 11 is 5.87. The van der Waals surface area contributed by atoms with E-state index in [1.54, 1.807) is 12.1 Å². The average molecular weight is 400 g/mol. The second-order valence-corrected chi connectivity index (χ2v) is 6.35. The van der Waals surface area contributed by atoms with E-state index in [0.29, 0.717) is 18.7 Å². The Balaban J connectivity index is 1.63. The molecule has 1 amide bonds. The molecule has 0 radical (unpaired) electrons. The van der Waals surface area contributed by atoms with Gasteiger partial charge >= 0.3 is 6.18 Å². The summed E-state index contributed by atoms with van der Waals surface area (Å²) in [5.41, 5.74) is 0.429. The normalized spacial score (nSPS) is 11.7. The first kappa shape index (κ1) is 19.2. The number of fused-ring (bicyclic) bond motifs is 1. The molecule has 0 aliphatic heterocycles. The van der Waals surface area contributed by atoms with Crippen molar-refractivity contribution in [2.75, 3.05) is 6.54 Å². The first-order chi connectivity index (χ1) is 12.7. The highest BCUT2D eigenvalue weighted by Crippen LogP contribution is 2.32. The highest BCUT2D eigenvalue weighted by Gasteiger charge is 2.31. The monoisotopic (exact) mass is 399 g/mol. The van der Waals surface area contributed by atoms with Gasteiger partial charge in [-0.1, -0.05) is 23.7 Å². The molecule has 4 nitrogen and oxygen atoms in total. The summed E-state index contributed by atoms with van der Waals surface area (Å²) < 4.78 is 52.5. The van der Waals surface area contributed by atoms with Crippen LogP contribution in [-0.4, -0.2) is 21.8 Å². The Bertz CT molecular complexity index is 967. The number of halogens is 5. The van der Waals surface area contributed by atoms with Crippen LogP contribution in [0.25, 0.3) is 5.65 Å². The summed E-state index contributed by atoms with van der Waals surface area (Å²) in [6.07, 6.45) is -1.87. The summed E-state index contributed by atoms with van der Waals surface area (Å²) in [6.45, 7) is 0.344. The number of nitrogens with zero attached hydrogens (tertiary/aromatic N) is 2. The van der Waals surface area contributed by atoms with Gasteiger partial charge in [-0.15, -0.1) is 0 Å². The topological polar surface area (TPSA) is 46.4 Å². The molecule has 3 rings (SSSR count). The van der Waals surface area contributed by atoms with Gasteiger partial charge in [0.2, 0.25) is 5.91 Å². The SMILES string of the molecule is O=C(Cc1cn2cc(C(F)(F)F)cc(Cl)c2n1)NCCc1ccc(F)cc1. The van der Waals surface area contributed by atoms with Crippen molar-refractivity contribution in [3.05, 3.63) is 70.4 Å². The zero-order valence-corrected chi connectivity index (χ0v) is 14.6. The number of alkyl halides is 3. The third-order valence-electron chi connectivity index (χ3n) is 3.87. The van der Waals surface area contributed by atoms with Crippen molar-refractivity contribution >= 4 is 23.2 Å². The van der Waals surface area contributed by atoms with Crippen molar-refractivity contribution in [1.82, 2.24) is 14.7 Å². The summed E-state index contributed by atoms with van der Waals surface area (Å²) in [5.74, 6) is -0.658. The van der Waals surface area contributed by atoms with Gasteiger partial charge in [0.25, 0.3) is 0 Å². The smallest absolute Gasteiger partial charge is 0.355 e. The van der Waals surface area contributed by atoms with Gasteiger partial charge in [-0.05, 0) is 30.2 Å². The number of amides is 1. The maximum atomic E-state index is 12.8. The van der Waals surface area contributed by atoms with Crippen LogP contribution in [0.15, 0.2) is 42.7 Å². The van der Waals surface area contributed by atoms with Gasteiger partial charge in [0.05, 0.1) is 22.7 Å². The Morgan fingerprint density at radius 1 is 1.19 bits per heavy atom. The molecule has 0 atom stereocenters. The lowest BCUT2D eigenvalue weighted by Crippen LogP contribution is -2.27. The Labute approximate surface area is 156 Å². The fraction of sp³-hybridized carbons (Fsp3) is 0.222. The van der Waals surface area contributed by atoms with E-state index in [-0.39, 0.29) is 28.8 Å². The van der Waals surface area contributed by atoms with E-state index in [0.717, 1.165) is 22.2 Å². The van der Waals surface area contributed by atoms with E-state index in [1.807, 2.05) is 0 Å². The van der Waals surface area contributed by atoms with E-state index < -0.39 is 11.7 Å². The second-order valence-electron chi connectivity index (χ2n) is 5.94. The third-order valence-corrected chi connectivity index (χ3v) is 4.15. The van der Waals surface area contributed by atoms with Crippen LogP contribution < -0.4 is 5.32 Å². The molecule has 142 valence electrons. The minimum absolute atomic E-state index is 0.0945. The van der Waals surface area contributed by atoms with Crippen LogP contribution in [0, 0.1) is 5.82 Å². The highest BCUT2D eigenvalue weighted by molar-refractivity contribution is 6.33.